The van der Waals surface area contributed by atoms with Gasteiger partial charge in [-0.1, -0.05) is 18.2 Å². The highest BCUT2D eigenvalue weighted by Gasteiger charge is 2.24. The van der Waals surface area contributed by atoms with Crippen molar-refractivity contribution in [3.8, 4) is 0 Å². The number of fused-ring (bicyclic) bond motifs is 1. The summed E-state index contributed by atoms with van der Waals surface area (Å²) in [7, 11) is 0. The van der Waals surface area contributed by atoms with Crippen molar-refractivity contribution in [2.45, 2.75) is 18.5 Å². The molecule has 27 heavy (non-hydrogen) atoms. The number of ether oxygens (including phenoxy) is 1. The highest BCUT2D eigenvalue weighted by molar-refractivity contribution is 7.17. The number of thiophene rings is 1. The number of nitrogens with two attached hydrogens (primary N) is 2. The zero-order valence-corrected chi connectivity index (χ0v) is 15.2. The third-order valence-corrected chi connectivity index (χ3v) is 5.33. The summed E-state index contributed by atoms with van der Waals surface area (Å²) in [6.45, 7) is 1.08. The maximum atomic E-state index is 11.8. The van der Waals surface area contributed by atoms with Crippen LogP contribution in [0.5, 0.6) is 0 Å². The number of anilines is 3. The number of nitrogens with zero attached hydrogens (tertiary/aromatic N) is 3. The lowest BCUT2D eigenvalue weighted by molar-refractivity contribution is 0.0751. The number of hydrogen-bond acceptors (Lipinski definition) is 9. The number of nitrogens with one attached hydrogen (secondary N) is 2. The van der Waals surface area contributed by atoms with Crippen molar-refractivity contribution in [1.82, 2.24) is 15.2 Å². The molecule has 1 amide bonds. The van der Waals surface area contributed by atoms with Gasteiger partial charge in [-0.05, 0) is 12.5 Å². The molecule has 140 valence electrons. The largest absolute Gasteiger partial charge is 0.380 e. The van der Waals surface area contributed by atoms with Crippen LogP contribution in [0.1, 0.15) is 16.9 Å². The molecule has 0 aliphatic carbocycles. The van der Waals surface area contributed by atoms with Crippen LogP contribution >= 0.6 is 11.3 Å². The van der Waals surface area contributed by atoms with Crippen molar-refractivity contribution in [2.75, 3.05) is 23.8 Å². The van der Waals surface area contributed by atoms with Crippen molar-refractivity contribution < 1.29 is 9.53 Å². The second-order valence-corrected chi connectivity index (χ2v) is 7.16. The monoisotopic (exact) mass is 385 g/mol. The van der Waals surface area contributed by atoms with Crippen LogP contribution in [0.25, 0.3) is 10.1 Å². The summed E-state index contributed by atoms with van der Waals surface area (Å²) in [5.74, 6) is -0.167. The van der Waals surface area contributed by atoms with Gasteiger partial charge in [-0.25, -0.2) is 0 Å². The number of hydrogen-bond donors (Lipinski definition) is 4. The lowest BCUT2D eigenvalue weighted by Gasteiger charge is -2.29. The normalized spacial score (nSPS) is 19.7. The Morgan fingerprint density at radius 2 is 2.15 bits per heavy atom. The number of benzene rings is 1. The molecule has 1 aromatic carbocycles. The SMILES string of the molecule is NC(=O)c1nnc(N[C@@H]2CCOC[C@@H]2N)nc1Nc1csc2ccccc12. The molecule has 0 unspecified atom stereocenters. The highest BCUT2D eigenvalue weighted by Crippen LogP contribution is 2.32. The summed E-state index contributed by atoms with van der Waals surface area (Å²) in [6, 6.07) is 7.74. The van der Waals surface area contributed by atoms with Crippen molar-refractivity contribution in [2.24, 2.45) is 11.5 Å². The molecule has 1 fully saturated rings. The molecule has 4 rings (SSSR count). The Kier molecular flexibility index (Phi) is 4.84. The second-order valence-electron chi connectivity index (χ2n) is 6.25. The first kappa shape index (κ1) is 17.6. The third-order valence-electron chi connectivity index (χ3n) is 4.37. The molecule has 9 nitrogen and oxygen atoms in total. The summed E-state index contributed by atoms with van der Waals surface area (Å²) < 4.78 is 6.46. The van der Waals surface area contributed by atoms with E-state index in [2.05, 4.69) is 25.8 Å². The van der Waals surface area contributed by atoms with Crippen LogP contribution < -0.4 is 22.1 Å². The first-order chi connectivity index (χ1) is 13.1. The summed E-state index contributed by atoms with van der Waals surface area (Å²) in [4.78, 5) is 16.2. The predicted octanol–water partition coefficient (Wildman–Crippen LogP) is 1.46. The van der Waals surface area contributed by atoms with E-state index in [-0.39, 0.29) is 29.5 Å². The molecule has 2 atom stereocenters. The quantitative estimate of drug-likeness (QED) is 0.517. The van der Waals surface area contributed by atoms with E-state index >= 15 is 0 Å². The van der Waals surface area contributed by atoms with E-state index in [1.165, 1.54) is 0 Å². The Labute approximate surface area is 159 Å². The summed E-state index contributed by atoms with van der Waals surface area (Å²) in [5, 5.41) is 17.2. The minimum Gasteiger partial charge on any atom is -0.380 e. The Bertz CT molecular complexity index is 977. The van der Waals surface area contributed by atoms with Crippen LogP contribution in [-0.4, -0.2) is 46.4 Å². The number of rotatable bonds is 5. The fraction of sp³-hybridized carbons (Fsp3) is 0.294. The van der Waals surface area contributed by atoms with Gasteiger partial charge in [0.05, 0.1) is 12.3 Å². The Balaban J connectivity index is 1.64. The molecule has 2 aromatic heterocycles. The Morgan fingerprint density at radius 1 is 1.30 bits per heavy atom. The second kappa shape index (κ2) is 7.43. The van der Waals surface area contributed by atoms with Crippen LogP contribution in [0, 0.1) is 0 Å². The van der Waals surface area contributed by atoms with Gasteiger partial charge in [0, 0.05) is 34.2 Å². The molecular weight excluding hydrogens is 366 g/mol. The smallest absolute Gasteiger partial charge is 0.273 e. The van der Waals surface area contributed by atoms with Crippen molar-refractivity contribution in [3.05, 3.63) is 35.3 Å². The maximum Gasteiger partial charge on any atom is 0.273 e. The molecular formula is C17H19N7O2S. The molecule has 0 spiro atoms. The first-order valence-corrected chi connectivity index (χ1v) is 9.37. The summed E-state index contributed by atoms with van der Waals surface area (Å²) in [5.41, 5.74) is 12.3. The highest BCUT2D eigenvalue weighted by atomic mass is 32.1. The van der Waals surface area contributed by atoms with Crippen molar-refractivity contribution in [3.63, 3.8) is 0 Å². The minimum absolute atomic E-state index is 0.0212. The number of primary amides is 1. The van der Waals surface area contributed by atoms with E-state index in [1.54, 1.807) is 11.3 Å². The van der Waals surface area contributed by atoms with Gasteiger partial charge in [0.1, 0.15) is 0 Å². The zero-order valence-electron chi connectivity index (χ0n) is 14.4. The molecule has 3 heterocycles. The van der Waals surface area contributed by atoms with Gasteiger partial charge in [0.25, 0.3) is 5.91 Å². The predicted molar refractivity (Wildman–Crippen MR) is 104 cm³/mol. The van der Waals surface area contributed by atoms with E-state index in [4.69, 9.17) is 16.2 Å². The minimum atomic E-state index is -0.702. The maximum absolute atomic E-state index is 11.8. The van der Waals surface area contributed by atoms with E-state index < -0.39 is 5.91 Å². The molecule has 6 N–H and O–H groups in total. The van der Waals surface area contributed by atoms with Crippen molar-refractivity contribution >= 4 is 44.8 Å². The molecule has 10 heteroatoms. The molecule has 3 aromatic rings. The Morgan fingerprint density at radius 3 is 2.96 bits per heavy atom. The van der Waals surface area contributed by atoms with E-state index in [0.29, 0.717) is 13.2 Å². The average molecular weight is 385 g/mol. The van der Waals surface area contributed by atoms with E-state index in [9.17, 15) is 4.79 Å². The molecule has 0 radical (unpaired) electrons. The number of aromatic nitrogens is 3. The van der Waals surface area contributed by atoms with Gasteiger partial charge in [-0.15, -0.1) is 21.5 Å². The van der Waals surface area contributed by atoms with Crippen LogP contribution in [0.3, 0.4) is 0 Å². The van der Waals surface area contributed by atoms with Gasteiger partial charge in [0.15, 0.2) is 11.5 Å². The fourth-order valence-electron chi connectivity index (χ4n) is 2.95. The van der Waals surface area contributed by atoms with Crippen LogP contribution in [0.15, 0.2) is 29.6 Å². The lowest BCUT2D eigenvalue weighted by atomic mass is 10.1. The Hall–Kier alpha value is -2.82. The van der Waals surface area contributed by atoms with Crippen LogP contribution in [0.4, 0.5) is 17.5 Å². The van der Waals surface area contributed by atoms with Gasteiger partial charge in [-0.3, -0.25) is 4.79 Å². The molecule has 1 aliphatic heterocycles. The molecule has 0 saturated carbocycles. The van der Waals surface area contributed by atoms with E-state index in [0.717, 1.165) is 22.2 Å². The molecule has 0 bridgehead atoms. The van der Waals surface area contributed by atoms with Gasteiger partial charge >= 0.3 is 0 Å². The summed E-state index contributed by atoms with van der Waals surface area (Å²) >= 11 is 1.59. The summed E-state index contributed by atoms with van der Waals surface area (Å²) in [6.07, 6.45) is 0.736. The van der Waals surface area contributed by atoms with Gasteiger partial charge in [-0.2, -0.15) is 4.98 Å². The van der Waals surface area contributed by atoms with Crippen LogP contribution in [0.2, 0.25) is 0 Å². The van der Waals surface area contributed by atoms with Gasteiger partial charge in [0.2, 0.25) is 5.95 Å². The standard InChI is InChI=1S/C17H19N7O2S/c18-10-7-26-6-5-11(10)21-17-22-16(14(15(19)25)23-24-17)20-12-8-27-13-4-2-1-3-9(12)13/h1-4,8,10-11H,5-7,18H2,(H2,19,25)(H2,20,21,22,24)/t10-,11+/m0/s1. The number of carbonyl (C=O) groups excluding carboxylic acids is 1. The van der Waals surface area contributed by atoms with E-state index in [1.807, 2.05) is 29.6 Å². The first-order valence-electron chi connectivity index (χ1n) is 8.49. The topological polar surface area (TPSA) is 141 Å². The molecule has 1 aliphatic rings. The fourth-order valence-corrected chi connectivity index (χ4v) is 3.84. The number of carbonyl (C=O) groups is 1. The van der Waals surface area contributed by atoms with Crippen molar-refractivity contribution in [1.29, 1.82) is 0 Å². The van der Waals surface area contributed by atoms with Gasteiger partial charge < -0.3 is 26.8 Å². The number of amides is 1. The lowest BCUT2D eigenvalue weighted by Crippen LogP contribution is -2.48. The third kappa shape index (κ3) is 3.68. The van der Waals surface area contributed by atoms with Crippen LogP contribution in [-0.2, 0) is 4.74 Å². The molecule has 1 saturated heterocycles. The zero-order chi connectivity index (χ0) is 18.8. The average Bonchev–Trinajstić information content (AvgIpc) is 3.07.